The number of hydrogen-bond donors (Lipinski definition) is 2. The van der Waals surface area contributed by atoms with E-state index < -0.39 is 12.0 Å². The summed E-state index contributed by atoms with van der Waals surface area (Å²) < 4.78 is 3.93. The molecule has 4 nitrogen and oxygen atoms in total. The zero-order chi connectivity index (χ0) is 9.14. The number of carboxylic acid groups (broad SMARTS) is 1. The Labute approximate surface area is 74.2 Å². The summed E-state index contributed by atoms with van der Waals surface area (Å²) in [5.74, 6) is -0.972. The van der Waals surface area contributed by atoms with Crippen LogP contribution < -0.4 is 5.73 Å². The summed E-state index contributed by atoms with van der Waals surface area (Å²) in [6, 6.07) is -0.819. The van der Waals surface area contributed by atoms with E-state index in [9.17, 15) is 4.79 Å². The minimum Gasteiger partial charge on any atom is -0.480 e. The van der Waals surface area contributed by atoms with Crippen LogP contribution in [0.25, 0.3) is 0 Å². The third kappa shape index (κ3) is 2.02. The maximum Gasteiger partial charge on any atom is 0.320 e. The van der Waals surface area contributed by atoms with Gasteiger partial charge in [-0.1, -0.05) is 0 Å². The minimum absolute atomic E-state index is 0.359. The predicted octanol–water partition coefficient (Wildman–Crippen LogP) is 0.406. The van der Waals surface area contributed by atoms with E-state index in [0.717, 1.165) is 10.4 Å². The van der Waals surface area contributed by atoms with Crippen molar-refractivity contribution in [3.8, 4) is 0 Å². The first-order chi connectivity index (χ1) is 5.61. The van der Waals surface area contributed by atoms with Crippen molar-refractivity contribution < 1.29 is 9.90 Å². The SMILES string of the molecule is Cc1sncc1CC(N)C(=O)O. The van der Waals surface area contributed by atoms with Gasteiger partial charge in [0.1, 0.15) is 6.04 Å². The summed E-state index contributed by atoms with van der Waals surface area (Å²) in [6.45, 7) is 1.90. The van der Waals surface area contributed by atoms with Crippen LogP contribution in [-0.2, 0) is 11.2 Å². The second-order valence-electron chi connectivity index (χ2n) is 2.56. The van der Waals surface area contributed by atoms with E-state index in [4.69, 9.17) is 10.8 Å². The summed E-state index contributed by atoms with van der Waals surface area (Å²) in [7, 11) is 0. The average Bonchev–Trinajstić information content (AvgIpc) is 2.36. The van der Waals surface area contributed by atoms with Gasteiger partial charge in [-0.3, -0.25) is 4.79 Å². The Morgan fingerprint density at radius 2 is 2.58 bits per heavy atom. The van der Waals surface area contributed by atoms with Gasteiger partial charge < -0.3 is 10.8 Å². The van der Waals surface area contributed by atoms with E-state index in [1.807, 2.05) is 6.92 Å². The van der Waals surface area contributed by atoms with Crippen molar-refractivity contribution in [3.63, 3.8) is 0 Å². The molecule has 0 radical (unpaired) electrons. The lowest BCUT2D eigenvalue weighted by molar-refractivity contribution is -0.138. The molecule has 1 aromatic heterocycles. The number of carbonyl (C=O) groups is 1. The Kier molecular flexibility index (Phi) is 2.78. The van der Waals surface area contributed by atoms with E-state index >= 15 is 0 Å². The highest BCUT2D eigenvalue weighted by Gasteiger charge is 2.13. The summed E-state index contributed by atoms with van der Waals surface area (Å²) in [4.78, 5) is 11.4. The molecule has 0 aliphatic carbocycles. The normalized spacial score (nSPS) is 12.8. The molecule has 5 heteroatoms. The highest BCUT2D eigenvalue weighted by Crippen LogP contribution is 2.12. The number of rotatable bonds is 3. The van der Waals surface area contributed by atoms with Gasteiger partial charge in [0.15, 0.2) is 0 Å². The van der Waals surface area contributed by atoms with Crippen molar-refractivity contribution in [1.29, 1.82) is 0 Å². The molecule has 66 valence electrons. The molecule has 0 aromatic carbocycles. The highest BCUT2D eigenvalue weighted by molar-refractivity contribution is 7.05. The zero-order valence-corrected chi connectivity index (χ0v) is 7.47. The first-order valence-electron chi connectivity index (χ1n) is 3.50. The molecule has 0 fully saturated rings. The van der Waals surface area contributed by atoms with E-state index in [0.29, 0.717) is 6.42 Å². The maximum absolute atomic E-state index is 10.4. The summed E-state index contributed by atoms with van der Waals surface area (Å²) in [5.41, 5.74) is 6.28. The fraction of sp³-hybridized carbons (Fsp3) is 0.429. The number of carboxylic acids is 1. The molecule has 0 saturated heterocycles. The third-order valence-corrected chi connectivity index (χ3v) is 2.35. The smallest absolute Gasteiger partial charge is 0.320 e. The lowest BCUT2D eigenvalue weighted by Gasteiger charge is -2.03. The van der Waals surface area contributed by atoms with Crippen molar-refractivity contribution >= 4 is 17.5 Å². The largest absolute Gasteiger partial charge is 0.480 e. The van der Waals surface area contributed by atoms with Gasteiger partial charge in [-0.2, -0.15) is 0 Å². The van der Waals surface area contributed by atoms with Crippen molar-refractivity contribution in [2.24, 2.45) is 5.73 Å². The van der Waals surface area contributed by atoms with Crippen molar-refractivity contribution in [3.05, 3.63) is 16.6 Å². The van der Waals surface area contributed by atoms with Crippen LogP contribution in [0.5, 0.6) is 0 Å². The Morgan fingerprint density at radius 3 is 3.00 bits per heavy atom. The van der Waals surface area contributed by atoms with E-state index in [2.05, 4.69) is 4.37 Å². The van der Waals surface area contributed by atoms with Gasteiger partial charge in [0.2, 0.25) is 0 Å². The summed E-state index contributed by atoms with van der Waals surface area (Å²) in [6.07, 6.45) is 2.03. The highest BCUT2D eigenvalue weighted by atomic mass is 32.1. The molecule has 1 rings (SSSR count). The van der Waals surface area contributed by atoms with Gasteiger partial charge in [-0.25, -0.2) is 4.37 Å². The number of aliphatic carboxylic acids is 1. The lowest BCUT2D eigenvalue weighted by Crippen LogP contribution is -2.32. The van der Waals surface area contributed by atoms with Gasteiger partial charge in [0.25, 0.3) is 0 Å². The molecule has 1 aromatic rings. The Morgan fingerprint density at radius 1 is 1.92 bits per heavy atom. The number of hydrogen-bond acceptors (Lipinski definition) is 4. The minimum atomic E-state index is -0.972. The second-order valence-corrected chi connectivity index (χ2v) is 3.56. The monoisotopic (exact) mass is 186 g/mol. The number of nitrogens with zero attached hydrogens (tertiary/aromatic N) is 1. The van der Waals surface area contributed by atoms with Gasteiger partial charge >= 0.3 is 5.97 Å². The number of nitrogens with two attached hydrogens (primary N) is 1. The molecule has 0 bridgehead atoms. The Hall–Kier alpha value is -0.940. The average molecular weight is 186 g/mol. The molecule has 0 spiro atoms. The van der Waals surface area contributed by atoms with Crippen LogP contribution in [0.1, 0.15) is 10.4 Å². The molecule has 12 heavy (non-hydrogen) atoms. The molecule has 0 saturated carbocycles. The molecular formula is C7H10N2O2S. The van der Waals surface area contributed by atoms with Crippen LogP contribution in [0.4, 0.5) is 0 Å². The van der Waals surface area contributed by atoms with Crippen LogP contribution in [0.2, 0.25) is 0 Å². The molecular weight excluding hydrogens is 176 g/mol. The molecule has 1 heterocycles. The third-order valence-electron chi connectivity index (χ3n) is 1.61. The predicted molar refractivity (Wildman–Crippen MR) is 46.2 cm³/mol. The van der Waals surface area contributed by atoms with Crippen LogP contribution in [0.3, 0.4) is 0 Å². The molecule has 0 aliphatic heterocycles. The quantitative estimate of drug-likeness (QED) is 0.716. The van der Waals surface area contributed by atoms with Gasteiger partial charge in [0, 0.05) is 17.5 Å². The van der Waals surface area contributed by atoms with Crippen LogP contribution >= 0.6 is 11.5 Å². The maximum atomic E-state index is 10.4. The molecule has 0 aliphatic rings. The van der Waals surface area contributed by atoms with Gasteiger partial charge in [-0.05, 0) is 24.0 Å². The second kappa shape index (κ2) is 3.64. The molecule has 1 unspecified atom stereocenters. The van der Waals surface area contributed by atoms with Gasteiger partial charge in [-0.15, -0.1) is 0 Å². The molecule has 1 atom stereocenters. The summed E-state index contributed by atoms with van der Waals surface area (Å²) in [5, 5.41) is 8.53. The standard InChI is InChI=1S/C7H10N2O2S/c1-4-5(3-9-12-4)2-6(8)7(10)11/h3,6H,2,8H2,1H3,(H,10,11). The molecule has 3 N–H and O–H groups in total. The van der Waals surface area contributed by atoms with Crippen LogP contribution in [0, 0.1) is 6.92 Å². The van der Waals surface area contributed by atoms with E-state index in [-0.39, 0.29) is 0 Å². The van der Waals surface area contributed by atoms with Gasteiger partial charge in [0.05, 0.1) is 0 Å². The first-order valence-corrected chi connectivity index (χ1v) is 4.27. The van der Waals surface area contributed by atoms with E-state index in [1.54, 1.807) is 6.20 Å². The fourth-order valence-electron chi connectivity index (χ4n) is 0.839. The van der Waals surface area contributed by atoms with Crippen LogP contribution in [-0.4, -0.2) is 21.5 Å². The number of aromatic nitrogens is 1. The van der Waals surface area contributed by atoms with Crippen molar-refractivity contribution in [1.82, 2.24) is 4.37 Å². The van der Waals surface area contributed by atoms with Crippen molar-refractivity contribution in [2.75, 3.05) is 0 Å². The topological polar surface area (TPSA) is 76.2 Å². The summed E-state index contributed by atoms with van der Waals surface area (Å²) >= 11 is 1.36. The van der Waals surface area contributed by atoms with E-state index in [1.165, 1.54) is 11.5 Å². The van der Waals surface area contributed by atoms with Crippen molar-refractivity contribution in [2.45, 2.75) is 19.4 Å². The Bertz CT molecular complexity index is 285. The lowest BCUT2D eigenvalue weighted by atomic mass is 10.1. The first kappa shape index (κ1) is 9.15. The number of aryl methyl sites for hydroxylation is 1. The fourth-order valence-corrected chi connectivity index (χ4v) is 1.43. The molecule has 0 amide bonds. The van der Waals surface area contributed by atoms with Crippen LogP contribution in [0.15, 0.2) is 6.20 Å². The zero-order valence-electron chi connectivity index (χ0n) is 6.65. The Balaban J connectivity index is 2.64.